The Morgan fingerprint density at radius 2 is 1.79 bits per heavy atom. The maximum absolute atomic E-state index is 12.1. The molecule has 0 aromatic heterocycles. The number of quaternary nitrogens is 2. The minimum absolute atomic E-state index is 0.366. The zero-order valence-corrected chi connectivity index (χ0v) is 11.1. The van der Waals surface area contributed by atoms with Crippen molar-refractivity contribution in [2.75, 3.05) is 44.8 Å². The normalized spacial score (nSPS) is 26.7. The lowest BCUT2D eigenvalue weighted by Gasteiger charge is -2.30. The molecule has 2 heterocycles. The summed E-state index contributed by atoms with van der Waals surface area (Å²) < 4.78 is 0. The first-order valence-electron chi connectivity index (χ1n) is 6.77. The molecule has 100 valence electrons. The van der Waals surface area contributed by atoms with Crippen molar-refractivity contribution >= 4 is 17.4 Å². The van der Waals surface area contributed by atoms with Gasteiger partial charge in [0, 0.05) is 0 Å². The number of Topliss-reactive ketones (excluding diaryl/α,β-unsaturated/α-hetero) is 1. The van der Waals surface area contributed by atoms with E-state index >= 15 is 0 Å². The second-order valence-corrected chi connectivity index (χ2v) is 5.44. The van der Waals surface area contributed by atoms with Gasteiger partial charge in [0.1, 0.15) is 26.2 Å². The molecule has 1 fully saturated rings. The topological polar surface area (TPSA) is 46.3 Å². The number of rotatable bonds is 2. The lowest BCUT2D eigenvalue weighted by Crippen LogP contribution is -3.27. The number of ketones is 1. The van der Waals surface area contributed by atoms with Crippen molar-refractivity contribution < 1.29 is 19.4 Å². The van der Waals surface area contributed by atoms with Gasteiger partial charge in [-0.15, -0.1) is 0 Å². The van der Waals surface area contributed by atoms with Crippen LogP contribution in [0.25, 0.3) is 0 Å². The van der Waals surface area contributed by atoms with E-state index in [1.165, 1.54) is 9.80 Å². The molecule has 0 bridgehead atoms. The van der Waals surface area contributed by atoms with Crippen molar-refractivity contribution in [2.24, 2.45) is 0 Å². The van der Waals surface area contributed by atoms with Crippen LogP contribution in [0.1, 0.15) is 10.4 Å². The first-order valence-corrected chi connectivity index (χ1v) is 6.77. The standard InChI is InChI=1S/C14H17N3O2/c1-15-6-8-16(9-7-15)10-17-12-5-3-2-4-11(12)13(18)14(17)19/h2-5H,6-10H2,1H3/p+2. The molecule has 1 saturated heterocycles. The van der Waals surface area contributed by atoms with Crippen molar-refractivity contribution in [2.45, 2.75) is 0 Å². The Labute approximate surface area is 112 Å². The van der Waals surface area contributed by atoms with Crippen molar-refractivity contribution in [1.29, 1.82) is 0 Å². The molecule has 3 rings (SSSR count). The molecule has 0 aliphatic carbocycles. The van der Waals surface area contributed by atoms with Crippen molar-refractivity contribution in [3.63, 3.8) is 0 Å². The molecule has 0 unspecified atom stereocenters. The van der Waals surface area contributed by atoms with E-state index in [-0.39, 0.29) is 11.7 Å². The Bertz CT molecular complexity index is 521. The van der Waals surface area contributed by atoms with Crippen LogP contribution in [0.3, 0.4) is 0 Å². The number of hydrogen-bond acceptors (Lipinski definition) is 2. The summed E-state index contributed by atoms with van der Waals surface area (Å²) in [6, 6.07) is 7.28. The number of fused-ring (bicyclic) bond motifs is 1. The second-order valence-electron chi connectivity index (χ2n) is 5.44. The maximum atomic E-state index is 12.1. The summed E-state index contributed by atoms with van der Waals surface area (Å²) in [6.45, 7) is 4.94. The highest BCUT2D eigenvalue weighted by Crippen LogP contribution is 2.27. The number of carbonyl (C=O) groups is 2. The molecule has 5 heteroatoms. The van der Waals surface area contributed by atoms with Crippen LogP contribution >= 0.6 is 0 Å². The Hall–Kier alpha value is -1.72. The van der Waals surface area contributed by atoms with Gasteiger partial charge in [0.15, 0.2) is 6.67 Å². The van der Waals surface area contributed by atoms with Crippen LogP contribution in [0, 0.1) is 0 Å². The van der Waals surface area contributed by atoms with E-state index in [0.717, 1.165) is 31.9 Å². The highest BCUT2D eigenvalue weighted by Gasteiger charge is 2.38. The van der Waals surface area contributed by atoms with Gasteiger partial charge in [0.2, 0.25) is 0 Å². The molecule has 2 aliphatic heterocycles. The summed E-state index contributed by atoms with van der Waals surface area (Å²) in [6.07, 6.45) is 0. The van der Waals surface area contributed by atoms with E-state index in [1.54, 1.807) is 17.0 Å². The van der Waals surface area contributed by atoms with Gasteiger partial charge < -0.3 is 9.80 Å². The molecule has 0 atom stereocenters. The van der Waals surface area contributed by atoms with E-state index in [1.807, 2.05) is 12.1 Å². The van der Waals surface area contributed by atoms with Gasteiger partial charge in [0.25, 0.3) is 5.78 Å². The van der Waals surface area contributed by atoms with Crippen LogP contribution < -0.4 is 14.7 Å². The molecule has 2 N–H and O–H groups in total. The van der Waals surface area contributed by atoms with Crippen LogP contribution in [0.15, 0.2) is 24.3 Å². The fourth-order valence-electron chi connectivity index (χ4n) is 2.82. The third-order valence-corrected chi connectivity index (χ3v) is 4.07. The lowest BCUT2D eigenvalue weighted by atomic mass is 10.1. The number of amides is 1. The lowest BCUT2D eigenvalue weighted by molar-refractivity contribution is -1.00. The Morgan fingerprint density at radius 3 is 2.53 bits per heavy atom. The summed E-state index contributed by atoms with van der Waals surface area (Å²) in [7, 11) is 2.19. The molecule has 0 radical (unpaired) electrons. The van der Waals surface area contributed by atoms with Crippen LogP contribution in [0.2, 0.25) is 0 Å². The largest absolute Gasteiger partial charge is 0.328 e. The minimum Gasteiger partial charge on any atom is -0.328 e. The smallest absolute Gasteiger partial charge is 0.303 e. The predicted molar refractivity (Wildman–Crippen MR) is 70.4 cm³/mol. The monoisotopic (exact) mass is 261 g/mol. The Kier molecular flexibility index (Phi) is 3.08. The van der Waals surface area contributed by atoms with Gasteiger partial charge in [-0.3, -0.25) is 14.5 Å². The summed E-state index contributed by atoms with van der Waals surface area (Å²) in [5.41, 5.74) is 1.32. The third-order valence-electron chi connectivity index (χ3n) is 4.07. The molecule has 1 aromatic rings. The molecule has 5 nitrogen and oxygen atoms in total. The summed E-state index contributed by atoms with van der Waals surface area (Å²) in [5, 5.41) is 0. The van der Waals surface area contributed by atoms with Gasteiger partial charge in [-0.25, -0.2) is 0 Å². The zero-order valence-electron chi connectivity index (χ0n) is 11.1. The molecule has 19 heavy (non-hydrogen) atoms. The number of likely N-dealkylation sites (N-methyl/N-ethyl adjacent to an activating group) is 1. The van der Waals surface area contributed by atoms with E-state index in [0.29, 0.717) is 12.2 Å². The Morgan fingerprint density at radius 1 is 1.11 bits per heavy atom. The quantitative estimate of drug-likeness (QED) is 0.583. The summed E-state index contributed by atoms with van der Waals surface area (Å²) >= 11 is 0. The van der Waals surface area contributed by atoms with Crippen molar-refractivity contribution in [3.05, 3.63) is 29.8 Å². The zero-order chi connectivity index (χ0) is 13.4. The molecular weight excluding hydrogens is 242 g/mol. The number of benzene rings is 1. The van der Waals surface area contributed by atoms with E-state index in [9.17, 15) is 9.59 Å². The van der Waals surface area contributed by atoms with E-state index in [4.69, 9.17) is 0 Å². The predicted octanol–water partition coefficient (Wildman–Crippen LogP) is -2.41. The molecule has 1 aromatic carbocycles. The Balaban J connectivity index is 1.78. The van der Waals surface area contributed by atoms with Gasteiger partial charge >= 0.3 is 5.91 Å². The molecule has 1 amide bonds. The number of anilines is 1. The first-order chi connectivity index (χ1) is 9.16. The van der Waals surface area contributed by atoms with Gasteiger partial charge in [-0.2, -0.15) is 0 Å². The number of carbonyl (C=O) groups excluding carboxylic acids is 2. The van der Waals surface area contributed by atoms with Crippen molar-refractivity contribution in [3.8, 4) is 0 Å². The number of hydrogen-bond donors (Lipinski definition) is 2. The van der Waals surface area contributed by atoms with E-state index in [2.05, 4.69) is 7.05 Å². The summed E-state index contributed by atoms with van der Waals surface area (Å²) in [4.78, 5) is 28.5. The van der Waals surface area contributed by atoms with Gasteiger partial charge in [-0.05, 0) is 12.1 Å². The first kappa shape index (κ1) is 12.3. The van der Waals surface area contributed by atoms with Gasteiger partial charge in [0.05, 0.1) is 18.3 Å². The third kappa shape index (κ3) is 2.15. The fraction of sp³-hybridized carbons (Fsp3) is 0.429. The molecule has 2 aliphatic rings. The maximum Gasteiger partial charge on any atom is 0.303 e. The molecular formula is C14H19N3O2+2. The molecule has 0 spiro atoms. The summed E-state index contributed by atoms with van der Waals surface area (Å²) in [5.74, 6) is -0.741. The van der Waals surface area contributed by atoms with Crippen LogP contribution in [-0.2, 0) is 4.79 Å². The number of nitrogens with zero attached hydrogens (tertiary/aromatic N) is 1. The average Bonchev–Trinajstić information content (AvgIpc) is 2.67. The van der Waals surface area contributed by atoms with Crippen LogP contribution in [-0.4, -0.2) is 51.6 Å². The highest BCUT2D eigenvalue weighted by molar-refractivity contribution is 6.52. The van der Waals surface area contributed by atoms with Crippen LogP contribution in [0.4, 0.5) is 5.69 Å². The van der Waals surface area contributed by atoms with E-state index < -0.39 is 0 Å². The minimum atomic E-state index is -0.375. The fourth-order valence-corrected chi connectivity index (χ4v) is 2.82. The second kappa shape index (κ2) is 4.75. The molecule has 0 saturated carbocycles. The van der Waals surface area contributed by atoms with Crippen molar-refractivity contribution in [1.82, 2.24) is 0 Å². The SMILES string of the molecule is C[NH+]1CC[NH+](CN2C(=O)C(=O)c3ccccc32)CC1. The average molecular weight is 261 g/mol. The number of nitrogens with one attached hydrogen (secondary N) is 2. The number of para-hydroxylation sites is 1. The van der Waals surface area contributed by atoms with Gasteiger partial charge in [-0.1, -0.05) is 12.1 Å². The highest BCUT2D eigenvalue weighted by atomic mass is 16.2. The van der Waals surface area contributed by atoms with Crippen LogP contribution in [0.5, 0.6) is 0 Å². The number of piperazine rings is 1.